The topological polar surface area (TPSA) is 46.9 Å². The van der Waals surface area contributed by atoms with Gasteiger partial charge in [0.2, 0.25) is 11.8 Å². The number of fused-ring (bicyclic) bond motifs is 4. The van der Waals surface area contributed by atoms with E-state index in [0.717, 1.165) is 55.6 Å². The number of hydrogen-bond acceptors (Lipinski definition) is 3. The molecule has 0 aromatic heterocycles. The number of anilines is 2. The molecule has 0 radical (unpaired) electrons. The van der Waals surface area contributed by atoms with Gasteiger partial charge in [0.15, 0.2) is 17.3 Å². The molecule has 3 aliphatic heterocycles. The zero-order valence-electron chi connectivity index (χ0n) is 32.9. The van der Waals surface area contributed by atoms with Gasteiger partial charge in [-0.3, -0.25) is 14.5 Å². The van der Waals surface area contributed by atoms with Gasteiger partial charge in [0.05, 0.1) is 11.7 Å². The number of amides is 2. The van der Waals surface area contributed by atoms with Crippen molar-refractivity contribution in [2.24, 2.45) is 0 Å². The largest absolute Gasteiger partial charge is 0.384 e. The smallest absolute Gasteiger partial charge is 0.231 e. The molecule has 0 N–H and O–H groups in total. The summed E-state index contributed by atoms with van der Waals surface area (Å²) in [6, 6.07) is 17.2. The molecule has 2 aromatic rings. The van der Waals surface area contributed by atoms with Crippen molar-refractivity contribution in [1.82, 2.24) is 4.90 Å². The number of hydrogen-bond donors (Lipinski definition) is 0. The highest BCUT2D eigenvalue weighted by Crippen LogP contribution is 2.56. The minimum atomic E-state index is -0.152. The van der Waals surface area contributed by atoms with Crippen molar-refractivity contribution >= 4 is 29.4 Å². The van der Waals surface area contributed by atoms with Crippen molar-refractivity contribution < 1.29 is 14.2 Å². The van der Waals surface area contributed by atoms with Crippen LogP contribution < -0.4 is 9.80 Å². The van der Waals surface area contributed by atoms with E-state index in [-0.39, 0.29) is 39.8 Å². The molecule has 7 rings (SSSR count). The minimum Gasteiger partial charge on any atom is -0.384 e. The molecule has 5 aliphatic rings. The fraction of sp³-hybridized carbons (Fsp3) is 0.587. The summed E-state index contributed by atoms with van der Waals surface area (Å²) in [4.78, 5) is 35.3. The fourth-order valence-corrected chi connectivity index (χ4v) is 11.1. The van der Waals surface area contributed by atoms with E-state index in [0.29, 0.717) is 19.3 Å². The predicted octanol–water partition coefficient (Wildman–Crippen LogP) is 9.81. The molecule has 52 heavy (non-hydrogen) atoms. The van der Waals surface area contributed by atoms with Crippen molar-refractivity contribution in [3.05, 3.63) is 83.7 Å². The molecule has 2 amide bonds. The van der Waals surface area contributed by atoms with E-state index in [1.165, 1.54) is 56.1 Å². The summed E-state index contributed by atoms with van der Waals surface area (Å²) in [6.45, 7) is 9.44. The van der Waals surface area contributed by atoms with E-state index >= 15 is 0 Å². The van der Waals surface area contributed by atoms with Gasteiger partial charge in [-0.25, -0.2) is 4.58 Å². The molecule has 0 bridgehead atoms. The number of allylic oxidation sites excluding steroid dienone is 2. The second-order valence-electron chi connectivity index (χ2n) is 18.0. The summed E-state index contributed by atoms with van der Waals surface area (Å²) in [7, 11) is 4.10. The quantitative estimate of drug-likeness (QED) is 0.270. The Bertz CT molecular complexity index is 1730. The van der Waals surface area contributed by atoms with Crippen molar-refractivity contribution in [3.63, 3.8) is 0 Å². The lowest BCUT2D eigenvalue weighted by Gasteiger charge is -2.40. The third-order valence-electron chi connectivity index (χ3n) is 13.5. The van der Waals surface area contributed by atoms with Gasteiger partial charge in [-0.1, -0.05) is 74.9 Å². The van der Waals surface area contributed by atoms with Gasteiger partial charge in [-0.15, -0.1) is 0 Å². The molecule has 2 aliphatic carbocycles. The zero-order valence-corrected chi connectivity index (χ0v) is 32.9. The van der Waals surface area contributed by atoms with Crippen molar-refractivity contribution in [2.75, 3.05) is 23.9 Å². The van der Waals surface area contributed by atoms with Crippen LogP contribution in [0.2, 0.25) is 0 Å². The first-order chi connectivity index (χ1) is 24.9. The third kappa shape index (κ3) is 6.36. The van der Waals surface area contributed by atoms with E-state index in [2.05, 4.69) is 120 Å². The van der Waals surface area contributed by atoms with Gasteiger partial charge in [-0.2, -0.15) is 0 Å². The molecule has 278 valence electrons. The van der Waals surface area contributed by atoms with Crippen molar-refractivity contribution in [3.8, 4) is 0 Å². The van der Waals surface area contributed by atoms with Crippen molar-refractivity contribution in [2.45, 2.75) is 158 Å². The summed E-state index contributed by atoms with van der Waals surface area (Å²) in [5.41, 5.74) is 5.76. The number of rotatable bonds is 7. The van der Waals surface area contributed by atoms with Crippen LogP contribution in [0.15, 0.2) is 72.6 Å². The van der Waals surface area contributed by atoms with E-state index in [1.54, 1.807) is 0 Å². The van der Waals surface area contributed by atoms with Gasteiger partial charge in [0.25, 0.3) is 0 Å². The average Bonchev–Trinajstić information content (AvgIpc) is 3.53. The number of carbonyl (C=O) groups is 2. The van der Waals surface area contributed by atoms with Crippen LogP contribution in [0.4, 0.5) is 11.4 Å². The van der Waals surface area contributed by atoms with Gasteiger partial charge in [0, 0.05) is 68.1 Å². The van der Waals surface area contributed by atoms with Crippen LogP contribution in [0.1, 0.15) is 142 Å². The summed E-state index contributed by atoms with van der Waals surface area (Å²) in [5, 5.41) is 0. The van der Waals surface area contributed by atoms with E-state index in [9.17, 15) is 9.59 Å². The number of nitrogens with zero attached hydrogens (tertiary/aromatic N) is 4. The first-order valence-electron chi connectivity index (χ1n) is 20.5. The molecule has 1 saturated heterocycles. The molecule has 2 spiro atoms. The Morgan fingerprint density at radius 1 is 0.731 bits per heavy atom. The fourth-order valence-electron chi connectivity index (χ4n) is 11.1. The van der Waals surface area contributed by atoms with Gasteiger partial charge in [-0.05, 0) is 102 Å². The van der Waals surface area contributed by atoms with E-state index < -0.39 is 0 Å². The lowest BCUT2D eigenvalue weighted by atomic mass is 9.66. The molecule has 2 saturated carbocycles. The maximum atomic E-state index is 14.7. The van der Waals surface area contributed by atoms with Crippen LogP contribution in [0.3, 0.4) is 0 Å². The highest BCUT2D eigenvalue weighted by Gasteiger charge is 2.53. The molecule has 1 unspecified atom stereocenters. The van der Waals surface area contributed by atoms with Crippen LogP contribution in [-0.4, -0.2) is 58.7 Å². The molecule has 6 nitrogen and oxygen atoms in total. The molecule has 1 atom stereocenters. The second kappa shape index (κ2) is 14.3. The Hall–Kier alpha value is -3.67. The number of piperidine rings is 1. The maximum absolute atomic E-state index is 14.7. The van der Waals surface area contributed by atoms with Crippen LogP contribution in [0.25, 0.3) is 0 Å². The number of benzene rings is 2. The summed E-state index contributed by atoms with van der Waals surface area (Å²) in [6.07, 6.45) is 25.4. The summed E-state index contributed by atoms with van der Waals surface area (Å²) in [5.74, 6) is 0.231. The summed E-state index contributed by atoms with van der Waals surface area (Å²) < 4.78 is 2.56. The molecule has 3 fully saturated rings. The Balaban J connectivity index is 1.17. The average molecular weight is 704 g/mol. The molecule has 2 aromatic carbocycles. The van der Waals surface area contributed by atoms with Crippen LogP contribution in [0.5, 0.6) is 0 Å². The first-order valence-corrected chi connectivity index (χ1v) is 20.5. The monoisotopic (exact) mass is 703 g/mol. The Labute approximate surface area is 313 Å². The number of para-hydroxylation sites is 2. The number of carbonyl (C=O) groups excluding carboxylic acids is 2. The van der Waals surface area contributed by atoms with E-state index in [1.807, 2.05) is 14.1 Å². The van der Waals surface area contributed by atoms with Crippen LogP contribution >= 0.6 is 0 Å². The Morgan fingerprint density at radius 2 is 1.31 bits per heavy atom. The lowest BCUT2D eigenvalue weighted by Crippen LogP contribution is -2.52. The maximum Gasteiger partial charge on any atom is 0.231 e. The van der Waals surface area contributed by atoms with Crippen molar-refractivity contribution in [1.29, 1.82) is 0 Å². The second-order valence-corrected chi connectivity index (χ2v) is 18.0. The SMILES string of the molecule is CN(C)/C=C/C1N(C(=O)CCCC(=O)N2/C(=C/C=[N+]3C(C)(C)CCCC3(C)C)C3(CCCCC3)c3ccccc32)c2ccccc2C12CCCCC2. The molecular weight excluding hydrogens is 641 g/mol. The molecule has 3 heterocycles. The minimum absolute atomic E-state index is 0.0132. The van der Waals surface area contributed by atoms with Crippen LogP contribution in [0, 0.1) is 0 Å². The van der Waals surface area contributed by atoms with Crippen LogP contribution in [-0.2, 0) is 20.4 Å². The highest BCUT2D eigenvalue weighted by atomic mass is 16.2. The highest BCUT2D eigenvalue weighted by molar-refractivity contribution is 6.02. The van der Waals surface area contributed by atoms with Gasteiger partial charge in [0.1, 0.15) is 0 Å². The van der Waals surface area contributed by atoms with Gasteiger partial charge >= 0.3 is 0 Å². The van der Waals surface area contributed by atoms with Gasteiger partial charge < -0.3 is 9.80 Å². The summed E-state index contributed by atoms with van der Waals surface area (Å²) >= 11 is 0. The van der Waals surface area contributed by atoms with E-state index in [4.69, 9.17) is 0 Å². The molecular formula is C46H63N4O2+. The third-order valence-corrected chi connectivity index (χ3v) is 13.5. The predicted molar refractivity (Wildman–Crippen MR) is 214 cm³/mol. The zero-order chi connectivity index (χ0) is 36.7. The molecule has 6 heteroatoms. The standard InChI is InChI=1S/C46H63N4O2/c1-43(2)27-18-28-44(3,4)48(43)34-26-40-46(31-15-8-16-32-46)36-20-10-12-22-38(36)50(40)42(52)24-17-23-41(51)49-37-21-11-9-19-35(37)45(29-13-7-14-30-45)39(49)25-33-47(5)6/h9-12,19-22,25-26,33-34,39H,7-8,13-18,23-24,27-32H2,1-6H3/q+1/b33-25+. The first kappa shape index (κ1) is 36.7. The Morgan fingerprint density at radius 3 is 1.96 bits per heavy atom. The Kier molecular flexibility index (Phi) is 10.1. The lowest BCUT2D eigenvalue weighted by molar-refractivity contribution is -0.671. The normalized spacial score (nSPS) is 24.8.